The Morgan fingerprint density at radius 1 is 0.944 bits per heavy atom. The predicted molar refractivity (Wildman–Crippen MR) is 130 cm³/mol. The number of nitrogens with one attached hydrogen (secondary N) is 3. The number of imide groups is 1. The minimum absolute atomic E-state index is 0.0437. The summed E-state index contributed by atoms with van der Waals surface area (Å²) in [5, 5.41) is 8.56. The maximum absolute atomic E-state index is 12.6. The van der Waals surface area contributed by atoms with Gasteiger partial charge in [0.2, 0.25) is 17.7 Å². The van der Waals surface area contributed by atoms with Crippen molar-refractivity contribution in [2.75, 3.05) is 53.9 Å². The summed E-state index contributed by atoms with van der Waals surface area (Å²) in [6.45, 7) is 8.41. The number of nitrogens with zero attached hydrogens (tertiary/aromatic N) is 3. The van der Waals surface area contributed by atoms with Crippen LogP contribution in [0.1, 0.15) is 46.5 Å². The first-order valence-electron chi connectivity index (χ1n) is 12.0. The van der Waals surface area contributed by atoms with Crippen molar-refractivity contribution in [3.05, 3.63) is 0 Å². The smallest absolute Gasteiger partial charge is 0.330 e. The number of hydrogen-bond donors (Lipinski definition) is 3. The summed E-state index contributed by atoms with van der Waals surface area (Å²) in [6, 6.07) is 0.132. The fourth-order valence-electron chi connectivity index (χ4n) is 3.77. The average Bonchev–Trinajstić information content (AvgIpc) is 3.12. The summed E-state index contributed by atoms with van der Waals surface area (Å²) in [4.78, 5) is 76.0. The number of hydrogen-bond acceptors (Lipinski definition) is 9. The second-order valence-corrected chi connectivity index (χ2v) is 9.42. The van der Waals surface area contributed by atoms with Crippen molar-refractivity contribution < 1.29 is 33.6 Å². The normalized spacial score (nSPS) is 18.7. The number of amides is 5. The predicted octanol–water partition coefficient (Wildman–Crippen LogP) is -1.37. The fourth-order valence-corrected chi connectivity index (χ4v) is 3.77. The van der Waals surface area contributed by atoms with Crippen LogP contribution in [0.25, 0.3) is 0 Å². The van der Waals surface area contributed by atoms with E-state index in [1.54, 1.807) is 7.05 Å². The van der Waals surface area contributed by atoms with Gasteiger partial charge in [-0.05, 0) is 27.9 Å². The number of rotatable bonds is 9. The van der Waals surface area contributed by atoms with Gasteiger partial charge < -0.3 is 25.7 Å². The SMILES string of the molecule is CN1CCN(C)C(C(C)(C)C(=O)NCCC(=O)NCCC(=O)[15NH][13CH3])C1.[13CH3][13C](=O)ON1C(=O)CCC1=O. The molecule has 0 aromatic carbocycles. The van der Waals surface area contributed by atoms with Gasteiger partial charge in [0, 0.05) is 78.4 Å². The van der Waals surface area contributed by atoms with Crippen LogP contribution in [-0.2, 0) is 33.6 Å². The van der Waals surface area contributed by atoms with Crippen molar-refractivity contribution in [3.63, 3.8) is 0 Å². The van der Waals surface area contributed by atoms with Gasteiger partial charge in [0.15, 0.2) is 0 Å². The van der Waals surface area contributed by atoms with Gasteiger partial charge in [0.25, 0.3) is 11.8 Å². The van der Waals surface area contributed by atoms with Gasteiger partial charge in [-0.3, -0.25) is 28.9 Å². The highest BCUT2D eigenvalue weighted by molar-refractivity contribution is 6.01. The van der Waals surface area contributed by atoms with Crippen molar-refractivity contribution in [1.82, 2.24) is 30.8 Å². The van der Waals surface area contributed by atoms with Crippen LogP contribution in [0.15, 0.2) is 0 Å². The van der Waals surface area contributed by atoms with E-state index in [4.69, 9.17) is 0 Å². The van der Waals surface area contributed by atoms with E-state index in [0.717, 1.165) is 26.6 Å². The third-order valence-electron chi connectivity index (χ3n) is 6.09. The molecule has 5 amide bonds. The van der Waals surface area contributed by atoms with Crippen LogP contribution in [0.2, 0.25) is 0 Å². The lowest BCUT2D eigenvalue weighted by Crippen LogP contribution is -2.60. The fraction of sp³-hybridized carbons (Fsp3) is 0.739. The summed E-state index contributed by atoms with van der Waals surface area (Å²) in [5.74, 6) is -1.89. The van der Waals surface area contributed by atoms with Crippen LogP contribution in [0.3, 0.4) is 0 Å². The molecule has 2 aliphatic rings. The van der Waals surface area contributed by atoms with E-state index in [1.807, 2.05) is 20.9 Å². The van der Waals surface area contributed by atoms with Crippen LogP contribution >= 0.6 is 0 Å². The van der Waals surface area contributed by atoms with E-state index in [1.165, 1.54) is 0 Å². The molecule has 2 heterocycles. The van der Waals surface area contributed by atoms with Crippen molar-refractivity contribution in [2.24, 2.45) is 5.41 Å². The third kappa shape index (κ3) is 9.90. The zero-order valence-electron chi connectivity index (χ0n) is 22.1. The van der Waals surface area contributed by atoms with Crippen molar-refractivity contribution in [2.45, 2.75) is 52.5 Å². The molecule has 13 heteroatoms. The lowest BCUT2D eigenvalue weighted by Gasteiger charge is -2.45. The number of likely N-dealkylation sites (N-methyl/N-ethyl adjacent to an activating group) is 2. The van der Waals surface area contributed by atoms with Crippen LogP contribution in [0, 0.1) is 5.41 Å². The molecule has 204 valence electrons. The maximum atomic E-state index is 12.6. The highest BCUT2D eigenvalue weighted by Crippen LogP contribution is 2.27. The number of carbonyl (C=O) groups is 6. The molecule has 0 aromatic heterocycles. The minimum atomic E-state index is -0.659. The Morgan fingerprint density at radius 2 is 1.50 bits per heavy atom. The molecule has 36 heavy (non-hydrogen) atoms. The highest BCUT2D eigenvalue weighted by atomic mass is 16.8. The molecular weight excluding hydrogens is 476 g/mol. The minimum Gasteiger partial charge on any atom is -0.359 e. The third-order valence-corrected chi connectivity index (χ3v) is 6.09. The topological polar surface area (TPSA) is 157 Å². The monoisotopic (exact) mass is 516 g/mol. The molecule has 1 atom stereocenters. The molecular formula is C23H40N6O7. The van der Waals surface area contributed by atoms with Crippen LogP contribution < -0.4 is 16.0 Å². The Kier molecular flexibility index (Phi) is 12.5. The van der Waals surface area contributed by atoms with Crippen molar-refractivity contribution in [3.8, 4) is 0 Å². The standard InChI is InChI=1S/C17H33N5O3.C6H7NO4/c1-17(2,13-12-21(4)10-11-22(13)5)16(25)20-9-7-15(24)19-8-6-14(23)18-3;1-4(8)11-7-5(9)2-3-6(7)10/h13H,6-12H2,1-5H3,(H,18,23)(H,19,24)(H,20,25);2-3H2,1H3/i3+1,18+1;1+1,4+1. The average molecular weight is 517 g/mol. The zero-order valence-corrected chi connectivity index (χ0v) is 22.1. The summed E-state index contributed by atoms with van der Waals surface area (Å²) >= 11 is 0. The molecule has 0 bridgehead atoms. The first-order chi connectivity index (χ1) is 16.8. The van der Waals surface area contributed by atoms with Gasteiger partial charge in [0.1, 0.15) is 0 Å². The largest absolute Gasteiger partial charge is 0.359 e. The molecule has 0 saturated carbocycles. The van der Waals surface area contributed by atoms with Gasteiger partial charge in [-0.2, -0.15) is 0 Å². The van der Waals surface area contributed by atoms with Gasteiger partial charge in [-0.25, -0.2) is 4.79 Å². The summed E-state index contributed by atoms with van der Waals surface area (Å²) in [5.41, 5.74) is -0.543. The molecule has 0 aromatic rings. The quantitative estimate of drug-likeness (QED) is 0.191. The first-order valence-corrected chi connectivity index (χ1v) is 12.0. The Balaban J connectivity index is 0.000000488. The van der Waals surface area contributed by atoms with Crippen LogP contribution in [0.5, 0.6) is 0 Å². The van der Waals surface area contributed by atoms with E-state index in [9.17, 15) is 28.8 Å². The molecule has 0 radical (unpaired) electrons. The van der Waals surface area contributed by atoms with Crippen molar-refractivity contribution in [1.29, 1.82) is 0 Å². The second-order valence-electron chi connectivity index (χ2n) is 9.42. The Hall–Kier alpha value is -3.06. The molecule has 2 saturated heterocycles. The Labute approximate surface area is 212 Å². The van der Waals surface area contributed by atoms with E-state index in [-0.39, 0.29) is 49.4 Å². The summed E-state index contributed by atoms with van der Waals surface area (Å²) in [6.07, 6.45) is 0.720. The van der Waals surface area contributed by atoms with Gasteiger partial charge >= 0.3 is 5.97 Å². The molecule has 2 aliphatic heterocycles. The van der Waals surface area contributed by atoms with E-state index in [2.05, 4.69) is 37.6 Å². The number of carbonyl (C=O) groups excluding carboxylic acids is 6. The van der Waals surface area contributed by atoms with Gasteiger partial charge in [-0.15, -0.1) is 5.06 Å². The number of hydroxylamine groups is 2. The second kappa shape index (κ2) is 14.5. The van der Waals surface area contributed by atoms with Gasteiger partial charge in [0.05, 0.1) is 5.41 Å². The molecule has 0 aliphatic carbocycles. The highest BCUT2D eigenvalue weighted by Gasteiger charge is 2.41. The molecule has 0 spiro atoms. The van der Waals surface area contributed by atoms with E-state index < -0.39 is 23.2 Å². The lowest BCUT2D eigenvalue weighted by molar-refractivity contribution is -0.195. The van der Waals surface area contributed by atoms with Crippen molar-refractivity contribution >= 4 is 35.5 Å². The first kappa shape index (κ1) is 31.0. The molecule has 3 N–H and O–H groups in total. The molecule has 1 unspecified atom stereocenters. The van der Waals surface area contributed by atoms with Crippen LogP contribution in [0.4, 0.5) is 0 Å². The Bertz CT molecular complexity index is 816. The van der Waals surface area contributed by atoms with E-state index in [0.29, 0.717) is 18.2 Å². The Morgan fingerprint density at radius 3 is 2.06 bits per heavy atom. The summed E-state index contributed by atoms with van der Waals surface area (Å²) in [7, 11) is 5.67. The molecule has 2 rings (SSSR count). The number of piperazine rings is 1. The van der Waals surface area contributed by atoms with Gasteiger partial charge in [-0.1, -0.05) is 0 Å². The van der Waals surface area contributed by atoms with E-state index >= 15 is 0 Å². The van der Waals surface area contributed by atoms with Crippen LogP contribution in [-0.4, -0.2) is 110 Å². The maximum Gasteiger partial charge on any atom is 0.330 e. The lowest BCUT2D eigenvalue weighted by atomic mass is 9.81. The summed E-state index contributed by atoms with van der Waals surface area (Å²) < 4.78 is 0. The molecule has 2 fully saturated rings. The molecule has 13 nitrogen and oxygen atoms in total. The zero-order chi connectivity index (χ0) is 27.5.